The summed E-state index contributed by atoms with van der Waals surface area (Å²) in [5, 5.41) is 11.0. The van der Waals surface area contributed by atoms with Gasteiger partial charge in [0.05, 0.1) is 23.1 Å². The fourth-order valence-corrected chi connectivity index (χ4v) is 2.43. The molecule has 0 fully saturated rings. The van der Waals surface area contributed by atoms with Crippen LogP contribution in [0.1, 0.15) is 16.2 Å². The highest BCUT2D eigenvalue weighted by molar-refractivity contribution is 5.88. The quantitative estimate of drug-likeness (QED) is 0.534. The van der Waals surface area contributed by atoms with E-state index in [9.17, 15) is 22.8 Å². The van der Waals surface area contributed by atoms with E-state index in [0.29, 0.717) is 6.20 Å². The van der Waals surface area contributed by atoms with Gasteiger partial charge in [-0.15, -0.1) is 10.2 Å². The maximum Gasteiger partial charge on any atom is 0.417 e. The third-order valence-corrected chi connectivity index (χ3v) is 3.73. The second-order valence-corrected chi connectivity index (χ2v) is 5.55. The number of amides is 1. The second kappa shape index (κ2) is 6.00. The molecule has 1 amide bonds. The molecule has 3 N–H and O–H groups in total. The van der Waals surface area contributed by atoms with Crippen molar-refractivity contribution in [2.24, 2.45) is 5.73 Å². The van der Waals surface area contributed by atoms with E-state index in [1.54, 1.807) is 0 Å². The molecule has 4 aromatic heterocycles. The van der Waals surface area contributed by atoms with E-state index >= 15 is 0 Å². The molecule has 0 radical (unpaired) electrons. The Morgan fingerprint density at radius 2 is 2.00 bits per heavy atom. The van der Waals surface area contributed by atoms with E-state index in [-0.39, 0.29) is 28.5 Å². The van der Waals surface area contributed by atoms with Crippen LogP contribution in [0.3, 0.4) is 0 Å². The van der Waals surface area contributed by atoms with Gasteiger partial charge in [-0.05, 0) is 12.1 Å². The van der Waals surface area contributed by atoms with Crippen molar-refractivity contribution in [3.63, 3.8) is 0 Å². The third kappa shape index (κ3) is 2.87. The van der Waals surface area contributed by atoms with E-state index in [4.69, 9.17) is 10.2 Å². The van der Waals surface area contributed by atoms with Crippen LogP contribution in [0.25, 0.3) is 28.5 Å². The van der Waals surface area contributed by atoms with Gasteiger partial charge >= 0.3 is 18.0 Å². The minimum Gasteiger partial charge on any atom is -0.412 e. The number of aromatic amines is 1. The van der Waals surface area contributed by atoms with Crippen LogP contribution in [0, 0.1) is 0 Å². The van der Waals surface area contributed by atoms with Crippen LogP contribution in [0.2, 0.25) is 0 Å². The number of hydrogen-bond donors (Lipinski definition) is 2. The first-order valence-electron chi connectivity index (χ1n) is 7.52. The minimum absolute atomic E-state index is 0.100. The van der Waals surface area contributed by atoms with Gasteiger partial charge in [0.2, 0.25) is 0 Å². The molecule has 0 aromatic carbocycles. The van der Waals surface area contributed by atoms with Gasteiger partial charge in [0.15, 0.2) is 5.65 Å². The number of halogens is 3. The molecule has 13 heteroatoms. The van der Waals surface area contributed by atoms with Gasteiger partial charge in [-0.3, -0.25) is 14.6 Å². The lowest BCUT2D eigenvalue weighted by atomic mass is 10.2. The summed E-state index contributed by atoms with van der Waals surface area (Å²) in [5.74, 6) is -1.49. The van der Waals surface area contributed by atoms with Crippen LogP contribution in [0.15, 0.2) is 39.8 Å². The summed E-state index contributed by atoms with van der Waals surface area (Å²) >= 11 is 0. The highest BCUT2D eigenvalue weighted by Gasteiger charge is 2.30. The van der Waals surface area contributed by atoms with E-state index in [0.717, 1.165) is 22.7 Å². The summed E-state index contributed by atoms with van der Waals surface area (Å²) < 4.78 is 44.2. The van der Waals surface area contributed by atoms with Crippen molar-refractivity contribution in [3.05, 3.63) is 52.4 Å². The number of carbonyl (C=O) groups is 1. The van der Waals surface area contributed by atoms with Crippen molar-refractivity contribution in [2.45, 2.75) is 6.18 Å². The predicted octanol–water partition coefficient (Wildman–Crippen LogP) is 1.25. The number of nitrogens with zero attached hydrogens (tertiary/aromatic N) is 5. The maximum atomic E-state index is 12.7. The maximum absolute atomic E-state index is 12.7. The molecule has 0 spiro atoms. The zero-order chi connectivity index (χ0) is 20.1. The highest BCUT2D eigenvalue weighted by Crippen LogP contribution is 2.29. The Morgan fingerprint density at radius 3 is 2.61 bits per heavy atom. The number of H-pyrrole nitrogens is 1. The van der Waals surface area contributed by atoms with Crippen molar-refractivity contribution in [2.75, 3.05) is 0 Å². The Hall–Kier alpha value is -4.03. The molecule has 4 heterocycles. The van der Waals surface area contributed by atoms with Gasteiger partial charge in [0, 0.05) is 12.3 Å². The molecular weight excluding hydrogens is 383 g/mol. The highest BCUT2D eigenvalue weighted by atomic mass is 19.4. The SMILES string of the molecule is NC(=O)c1nnc(-c2cnn3c(=O)cc(-c4ccc(C(F)(F)F)cn4)[nH]c23)o1. The lowest BCUT2D eigenvalue weighted by molar-refractivity contribution is -0.137. The first-order chi connectivity index (χ1) is 13.2. The van der Waals surface area contributed by atoms with Crippen LogP contribution in [0.4, 0.5) is 13.2 Å². The predicted molar refractivity (Wildman–Crippen MR) is 85.9 cm³/mol. The molecule has 0 saturated carbocycles. The first-order valence-corrected chi connectivity index (χ1v) is 7.52. The number of fused-ring (bicyclic) bond motifs is 1. The number of nitrogens with two attached hydrogens (primary N) is 1. The summed E-state index contributed by atoms with van der Waals surface area (Å²) in [7, 11) is 0. The van der Waals surface area contributed by atoms with Crippen molar-refractivity contribution in [1.82, 2.24) is 29.8 Å². The van der Waals surface area contributed by atoms with Gasteiger partial charge in [0.25, 0.3) is 11.4 Å². The summed E-state index contributed by atoms with van der Waals surface area (Å²) in [4.78, 5) is 30.0. The lowest BCUT2D eigenvalue weighted by Gasteiger charge is -2.07. The fourth-order valence-electron chi connectivity index (χ4n) is 2.43. The van der Waals surface area contributed by atoms with Crippen molar-refractivity contribution in [3.8, 4) is 22.8 Å². The molecular formula is C15H8F3N7O3. The Kier molecular flexibility index (Phi) is 3.73. The number of alkyl halides is 3. The van der Waals surface area contributed by atoms with Crippen molar-refractivity contribution < 1.29 is 22.4 Å². The molecule has 0 aliphatic carbocycles. The van der Waals surface area contributed by atoms with E-state index in [1.807, 2.05) is 0 Å². The van der Waals surface area contributed by atoms with E-state index < -0.39 is 29.1 Å². The Bertz CT molecular complexity index is 1250. The summed E-state index contributed by atoms with van der Waals surface area (Å²) in [6, 6.07) is 3.10. The number of nitrogens with one attached hydrogen (secondary N) is 1. The van der Waals surface area contributed by atoms with Gasteiger partial charge in [-0.2, -0.15) is 22.8 Å². The fraction of sp³-hybridized carbons (Fsp3) is 0.0667. The molecule has 0 saturated heterocycles. The number of carbonyl (C=O) groups excluding carboxylic acids is 1. The molecule has 0 aliphatic heterocycles. The number of hydrogen-bond acceptors (Lipinski definition) is 7. The van der Waals surface area contributed by atoms with Gasteiger partial charge < -0.3 is 15.1 Å². The van der Waals surface area contributed by atoms with E-state index in [2.05, 4.69) is 25.3 Å². The molecule has 0 aliphatic rings. The molecule has 4 aromatic rings. The van der Waals surface area contributed by atoms with Crippen LogP contribution < -0.4 is 11.3 Å². The zero-order valence-corrected chi connectivity index (χ0v) is 13.6. The summed E-state index contributed by atoms with van der Waals surface area (Å²) in [6.07, 6.45) is -2.63. The Balaban J connectivity index is 1.83. The van der Waals surface area contributed by atoms with Gasteiger partial charge in [-0.1, -0.05) is 0 Å². The molecule has 4 rings (SSSR count). The van der Waals surface area contributed by atoms with Gasteiger partial charge in [0.1, 0.15) is 5.56 Å². The monoisotopic (exact) mass is 391 g/mol. The van der Waals surface area contributed by atoms with Crippen LogP contribution in [-0.4, -0.2) is 35.7 Å². The third-order valence-electron chi connectivity index (χ3n) is 3.73. The molecule has 0 atom stereocenters. The molecule has 0 bridgehead atoms. The van der Waals surface area contributed by atoms with E-state index in [1.165, 1.54) is 6.20 Å². The van der Waals surface area contributed by atoms with Crippen LogP contribution >= 0.6 is 0 Å². The van der Waals surface area contributed by atoms with Crippen LogP contribution in [-0.2, 0) is 6.18 Å². The minimum atomic E-state index is -4.53. The standard InChI is InChI=1S/C15H8F3N7O3/c16-15(17,18)6-1-2-8(20-4-6)9-3-10(26)25-12(22-9)7(5-21-25)13-23-24-14(28-13)11(19)27/h1-5,22H,(H2,19,27). The lowest BCUT2D eigenvalue weighted by Crippen LogP contribution is -2.14. The second-order valence-electron chi connectivity index (χ2n) is 5.55. The Labute approximate surface area is 151 Å². The number of aromatic nitrogens is 6. The van der Waals surface area contributed by atoms with Crippen LogP contribution in [0.5, 0.6) is 0 Å². The normalized spacial score (nSPS) is 11.8. The van der Waals surface area contributed by atoms with Crippen molar-refractivity contribution >= 4 is 11.6 Å². The van der Waals surface area contributed by atoms with Gasteiger partial charge in [-0.25, -0.2) is 0 Å². The number of rotatable bonds is 3. The average Bonchev–Trinajstić information content (AvgIpc) is 3.28. The molecule has 142 valence electrons. The summed E-state index contributed by atoms with van der Waals surface area (Å²) in [5.41, 5.74) is 4.10. The molecule has 28 heavy (non-hydrogen) atoms. The zero-order valence-electron chi connectivity index (χ0n) is 13.6. The number of primary amides is 1. The smallest absolute Gasteiger partial charge is 0.412 e. The summed E-state index contributed by atoms with van der Waals surface area (Å²) in [6.45, 7) is 0. The molecule has 0 unspecified atom stereocenters. The largest absolute Gasteiger partial charge is 0.417 e. The average molecular weight is 391 g/mol. The Morgan fingerprint density at radius 1 is 1.21 bits per heavy atom. The first kappa shape index (κ1) is 17.4. The molecule has 10 nitrogen and oxygen atoms in total. The number of pyridine rings is 1. The van der Waals surface area contributed by atoms with Crippen molar-refractivity contribution in [1.29, 1.82) is 0 Å². The topological polar surface area (TPSA) is 145 Å².